The third-order valence-corrected chi connectivity index (χ3v) is 6.70. The summed E-state index contributed by atoms with van der Waals surface area (Å²) in [5.41, 5.74) is 0. The van der Waals surface area contributed by atoms with Crippen LogP contribution in [0.1, 0.15) is 54.4 Å². The van der Waals surface area contributed by atoms with Crippen LogP contribution in [0.25, 0.3) is 0 Å². The number of hydrogen-bond donors (Lipinski definition) is 1. The second kappa shape index (κ2) is 10.3. The lowest BCUT2D eigenvalue weighted by atomic mass is 10.0. The monoisotopic (exact) mass is 400 g/mol. The average Bonchev–Trinajstić information content (AvgIpc) is 2.64. The van der Waals surface area contributed by atoms with Gasteiger partial charge in [-0.3, -0.25) is 24.4 Å². The lowest BCUT2D eigenvalue weighted by Gasteiger charge is -2.44. The van der Waals surface area contributed by atoms with Crippen molar-refractivity contribution in [3.8, 4) is 0 Å². The second-order valence-electron chi connectivity index (χ2n) is 9.22. The molecule has 4 unspecified atom stereocenters. The maximum Gasteiger partial charge on any atom is 0.322 e. The van der Waals surface area contributed by atoms with Crippen LogP contribution in [0, 0.1) is 0 Å². The van der Waals surface area contributed by atoms with E-state index in [1.807, 2.05) is 4.90 Å². The van der Waals surface area contributed by atoms with E-state index in [1.54, 1.807) is 0 Å². The number of carboxylic acids is 1. The van der Waals surface area contributed by atoms with Gasteiger partial charge in [0.15, 0.2) is 6.30 Å². The van der Waals surface area contributed by atoms with E-state index in [-0.39, 0.29) is 12.1 Å². The van der Waals surface area contributed by atoms with Crippen molar-refractivity contribution in [2.45, 2.75) is 90.9 Å². The van der Waals surface area contributed by atoms with Crippen molar-refractivity contribution in [2.75, 3.05) is 39.3 Å². The Balaban J connectivity index is 1.82. The van der Waals surface area contributed by atoms with Gasteiger partial charge in [-0.05, 0) is 54.4 Å². The SMILES string of the molecule is CC(CCC(C)N1CCN(C(C)C)C(C(=O)O)C1)N1CCN(C(C)C)C(F)C1. The first-order valence-electron chi connectivity index (χ1n) is 11.0. The highest BCUT2D eigenvalue weighted by atomic mass is 19.1. The van der Waals surface area contributed by atoms with Gasteiger partial charge in [-0.15, -0.1) is 0 Å². The number of rotatable bonds is 8. The lowest BCUT2D eigenvalue weighted by Crippen LogP contribution is -2.60. The number of aliphatic carboxylic acids is 1. The van der Waals surface area contributed by atoms with Crippen LogP contribution in [-0.4, -0.2) is 106 Å². The molecule has 164 valence electrons. The van der Waals surface area contributed by atoms with Gasteiger partial charge in [-0.25, -0.2) is 4.39 Å². The highest BCUT2D eigenvalue weighted by Gasteiger charge is 2.35. The summed E-state index contributed by atoms with van der Waals surface area (Å²) in [6, 6.07) is 0.764. The van der Waals surface area contributed by atoms with E-state index in [1.165, 1.54) is 0 Å². The molecule has 2 aliphatic heterocycles. The quantitative estimate of drug-likeness (QED) is 0.631. The van der Waals surface area contributed by atoms with Gasteiger partial charge < -0.3 is 5.11 Å². The van der Waals surface area contributed by atoms with E-state index in [9.17, 15) is 14.3 Å². The van der Waals surface area contributed by atoms with Gasteiger partial charge in [0.2, 0.25) is 0 Å². The molecule has 1 N–H and O–H groups in total. The van der Waals surface area contributed by atoms with Crippen LogP contribution in [0.4, 0.5) is 4.39 Å². The summed E-state index contributed by atoms with van der Waals surface area (Å²) in [6.07, 6.45) is 1.14. The Hall–Kier alpha value is -0.760. The zero-order valence-electron chi connectivity index (χ0n) is 18.6. The Morgan fingerprint density at radius 3 is 1.75 bits per heavy atom. The van der Waals surface area contributed by atoms with E-state index < -0.39 is 18.3 Å². The average molecular weight is 401 g/mol. The number of alkyl halides is 1. The minimum atomic E-state index is -0.881. The van der Waals surface area contributed by atoms with E-state index >= 15 is 0 Å². The molecule has 6 nitrogen and oxygen atoms in total. The number of nitrogens with zero attached hydrogens (tertiary/aromatic N) is 4. The molecule has 0 amide bonds. The predicted octanol–water partition coefficient (Wildman–Crippen LogP) is 2.34. The van der Waals surface area contributed by atoms with Crippen LogP contribution in [-0.2, 0) is 4.79 Å². The molecule has 4 atom stereocenters. The molecule has 0 aromatic heterocycles. The Labute approximate surface area is 170 Å². The minimum absolute atomic E-state index is 0.247. The molecule has 0 spiro atoms. The zero-order chi connectivity index (χ0) is 21.0. The first-order valence-corrected chi connectivity index (χ1v) is 11.0. The van der Waals surface area contributed by atoms with Gasteiger partial charge in [-0.1, -0.05) is 0 Å². The van der Waals surface area contributed by atoms with Crippen molar-refractivity contribution in [3.63, 3.8) is 0 Å². The van der Waals surface area contributed by atoms with Crippen LogP contribution in [0.15, 0.2) is 0 Å². The lowest BCUT2D eigenvalue weighted by molar-refractivity contribution is -0.147. The highest BCUT2D eigenvalue weighted by Crippen LogP contribution is 2.21. The first-order chi connectivity index (χ1) is 13.1. The molecule has 28 heavy (non-hydrogen) atoms. The fraction of sp³-hybridized carbons (Fsp3) is 0.952. The predicted molar refractivity (Wildman–Crippen MR) is 111 cm³/mol. The Morgan fingerprint density at radius 2 is 1.32 bits per heavy atom. The minimum Gasteiger partial charge on any atom is -0.480 e. The molecular weight excluding hydrogens is 359 g/mol. The maximum absolute atomic E-state index is 14.4. The summed E-state index contributed by atoms with van der Waals surface area (Å²) in [5, 5.41) is 9.62. The zero-order valence-corrected chi connectivity index (χ0v) is 18.6. The van der Waals surface area contributed by atoms with Gasteiger partial charge in [0.1, 0.15) is 6.04 Å². The van der Waals surface area contributed by atoms with E-state index in [4.69, 9.17) is 0 Å². The van der Waals surface area contributed by atoms with E-state index in [0.717, 1.165) is 39.0 Å². The smallest absolute Gasteiger partial charge is 0.322 e. The molecule has 2 heterocycles. The van der Waals surface area contributed by atoms with Crippen molar-refractivity contribution in [1.82, 2.24) is 19.6 Å². The Morgan fingerprint density at radius 1 is 0.857 bits per heavy atom. The molecule has 0 aliphatic carbocycles. The van der Waals surface area contributed by atoms with Gasteiger partial charge in [0, 0.05) is 63.4 Å². The number of halogens is 1. The molecule has 0 bridgehead atoms. The van der Waals surface area contributed by atoms with Crippen molar-refractivity contribution >= 4 is 5.97 Å². The molecule has 7 heteroatoms. The maximum atomic E-state index is 14.4. The normalized spacial score (nSPS) is 28.8. The van der Waals surface area contributed by atoms with Gasteiger partial charge in [-0.2, -0.15) is 0 Å². The van der Waals surface area contributed by atoms with E-state index in [2.05, 4.69) is 56.2 Å². The standard InChI is InChI=1S/C21H41FN4O2/c1-15(2)25-11-9-23(13-19(25)21(27)28)17(5)7-8-18(6)24-10-12-26(16(3)4)20(22)14-24/h15-20H,7-14H2,1-6H3,(H,27,28). The summed E-state index contributed by atoms with van der Waals surface area (Å²) in [7, 11) is 0. The summed E-state index contributed by atoms with van der Waals surface area (Å²) < 4.78 is 14.4. The van der Waals surface area contributed by atoms with Crippen molar-refractivity contribution < 1.29 is 14.3 Å². The van der Waals surface area contributed by atoms with E-state index in [0.29, 0.717) is 25.2 Å². The molecule has 0 aromatic carbocycles. The number of carbonyl (C=O) groups is 1. The fourth-order valence-electron chi connectivity index (χ4n) is 4.66. The van der Waals surface area contributed by atoms with Crippen LogP contribution in [0.2, 0.25) is 0 Å². The highest BCUT2D eigenvalue weighted by molar-refractivity contribution is 5.74. The summed E-state index contributed by atoms with van der Waals surface area (Å²) in [4.78, 5) is 20.3. The largest absolute Gasteiger partial charge is 0.480 e. The molecule has 0 aromatic rings. The molecular formula is C21H41FN4O2. The van der Waals surface area contributed by atoms with Crippen LogP contribution in [0.5, 0.6) is 0 Å². The van der Waals surface area contributed by atoms with Crippen LogP contribution in [0.3, 0.4) is 0 Å². The Bertz CT molecular complexity index is 505. The molecule has 0 radical (unpaired) electrons. The molecule has 2 rings (SSSR count). The molecule has 2 aliphatic rings. The van der Waals surface area contributed by atoms with Crippen molar-refractivity contribution in [3.05, 3.63) is 0 Å². The molecule has 2 saturated heterocycles. The number of hydrogen-bond acceptors (Lipinski definition) is 5. The fourth-order valence-corrected chi connectivity index (χ4v) is 4.66. The van der Waals surface area contributed by atoms with Gasteiger partial charge >= 0.3 is 5.97 Å². The van der Waals surface area contributed by atoms with Crippen LogP contribution >= 0.6 is 0 Å². The number of carboxylic acid groups (broad SMARTS) is 1. The second-order valence-corrected chi connectivity index (χ2v) is 9.22. The van der Waals surface area contributed by atoms with Crippen molar-refractivity contribution in [1.29, 1.82) is 0 Å². The third kappa shape index (κ3) is 5.88. The third-order valence-electron chi connectivity index (χ3n) is 6.70. The van der Waals surface area contributed by atoms with Gasteiger partial charge in [0.25, 0.3) is 0 Å². The van der Waals surface area contributed by atoms with Crippen molar-refractivity contribution in [2.24, 2.45) is 0 Å². The summed E-state index contributed by atoms with van der Waals surface area (Å²) in [6.45, 7) is 17.1. The first kappa shape index (κ1) is 23.5. The van der Waals surface area contributed by atoms with Gasteiger partial charge in [0.05, 0.1) is 0 Å². The molecule has 0 saturated carbocycles. The number of piperazine rings is 2. The summed E-state index contributed by atoms with van der Waals surface area (Å²) in [5.74, 6) is -0.726. The van der Waals surface area contributed by atoms with Crippen LogP contribution < -0.4 is 0 Å². The summed E-state index contributed by atoms with van der Waals surface area (Å²) >= 11 is 0. The Kier molecular flexibility index (Phi) is 8.67. The molecule has 2 fully saturated rings. The topological polar surface area (TPSA) is 50.3 Å².